The first-order valence-electron chi connectivity index (χ1n) is 6.65. The molecule has 2 rings (SSSR count). The van der Waals surface area contributed by atoms with Gasteiger partial charge in [0.05, 0.1) is 26.6 Å². The zero-order valence-electron chi connectivity index (χ0n) is 11.6. The third-order valence-electron chi connectivity index (χ3n) is 2.88. The maximum Gasteiger partial charge on any atom is 0.158 e. The van der Waals surface area contributed by atoms with Crippen LogP contribution in [0.4, 0.5) is 0 Å². The molecule has 0 spiro atoms. The average Bonchev–Trinajstić information content (AvgIpc) is 2.73. The van der Waals surface area contributed by atoms with E-state index in [1.165, 1.54) is 6.42 Å². The van der Waals surface area contributed by atoms with Crippen molar-refractivity contribution < 1.29 is 9.47 Å². The molecule has 1 atom stereocenters. The molecule has 1 aliphatic rings. The first kappa shape index (κ1) is 13.7. The maximum atomic E-state index is 5.77. The smallest absolute Gasteiger partial charge is 0.158 e. The predicted octanol–water partition coefficient (Wildman–Crippen LogP) is 2.20. The minimum atomic E-state index is -1.19. The molecule has 1 aliphatic heterocycles. The van der Waals surface area contributed by atoms with Crippen LogP contribution in [0.5, 0.6) is 0 Å². The molecule has 6 heteroatoms. The monoisotopic (exact) mass is 269 g/mol. The highest BCUT2D eigenvalue weighted by Gasteiger charge is 2.19. The second kappa shape index (κ2) is 5.95. The van der Waals surface area contributed by atoms with Crippen LogP contribution in [0, 0.1) is 0 Å². The largest absolute Gasteiger partial charge is 0.353 e. The Balaban J connectivity index is 1.87. The van der Waals surface area contributed by atoms with Crippen LogP contribution in [-0.4, -0.2) is 36.0 Å². The van der Waals surface area contributed by atoms with Crippen molar-refractivity contribution in [3.8, 4) is 0 Å². The van der Waals surface area contributed by atoms with Crippen LogP contribution in [-0.2, 0) is 22.2 Å². The second-order valence-corrected chi connectivity index (χ2v) is 11.5. The summed E-state index contributed by atoms with van der Waals surface area (Å²) in [5.41, 5.74) is 1.05. The van der Waals surface area contributed by atoms with Gasteiger partial charge in [-0.1, -0.05) is 24.9 Å². The number of nitrogens with zero attached hydrogens (tertiary/aromatic N) is 3. The minimum Gasteiger partial charge on any atom is -0.353 e. The number of hydrogen-bond donors (Lipinski definition) is 0. The van der Waals surface area contributed by atoms with Crippen molar-refractivity contribution in [2.75, 3.05) is 6.61 Å². The Kier molecular flexibility index (Phi) is 4.53. The van der Waals surface area contributed by atoms with Crippen molar-refractivity contribution >= 4 is 8.07 Å². The van der Waals surface area contributed by atoms with Crippen molar-refractivity contribution in [2.45, 2.75) is 58.0 Å². The van der Waals surface area contributed by atoms with Crippen molar-refractivity contribution in [1.29, 1.82) is 0 Å². The van der Waals surface area contributed by atoms with Crippen molar-refractivity contribution in [3.05, 3.63) is 11.9 Å². The molecular formula is C12H23N3O2Si. The molecule has 0 aromatic carbocycles. The lowest BCUT2D eigenvalue weighted by Crippen LogP contribution is -2.30. The summed E-state index contributed by atoms with van der Waals surface area (Å²) in [4.78, 5) is 0. The molecule has 0 bridgehead atoms. The van der Waals surface area contributed by atoms with Crippen LogP contribution in [0.3, 0.4) is 0 Å². The lowest BCUT2D eigenvalue weighted by atomic mass is 10.2. The van der Waals surface area contributed by atoms with Gasteiger partial charge in [-0.3, -0.25) is 4.68 Å². The Bertz CT molecular complexity index is 370. The van der Waals surface area contributed by atoms with Gasteiger partial charge < -0.3 is 9.47 Å². The fraction of sp³-hybridized carbons (Fsp3) is 0.833. The highest BCUT2D eigenvalue weighted by Crippen LogP contribution is 2.15. The summed E-state index contributed by atoms with van der Waals surface area (Å²) >= 11 is 0. The van der Waals surface area contributed by atoms with Gasteiger partial charge in [0.25, 0.3) is 0 Å². The second-order valence-electron chi connectivity index (χ2n) is 6.05. The average molecular weight is 269 g/mol. The van der Waals surface area contributed by atoms with E-state index in [0.717, 1.165) is 31.3 Å². The molecule has 1 fully saturated rings. The van der Waals surface area contributed by atoms with Gasteiger partial charge in [0.15, 0.2) is 6.29 Å². The van der Waals surface area contributed by atoms with E-state index < -0.39 is 8.07 Å². The van der Waals surface area contributed by atoms with E-state index in [4.69, 9.17) is 9.47 Å². The van der Waals surface area contributed by atoms with Gasteiger partial charge in [-0.15, -0.1) is 5.10 Å². The lowest BCUT2D eigenvalue weighted by molar-refractivity contribution is -0.169. The molecule has 0 radical (unpaired) electrons. The normalized spacial score (nSPS) is 21.2. The van der Waals surface area contributed by atoms with Crippen molar-refractivity contribution in [3.63, 3.8) is 0 Å². The highest BCUT2D eigenvalue weighted by atomic mass is 28.3. The lowest BCUT2D eigenvalue weighted by Gasteiger charge is -2.23. The summed E-state index contributed by atoms with van der Waals surface area (Å²) in [6, 6.07) is 0. The van der Waals surface area contributed by atoms with Gasteiger partial charge in [-0.25, -0.2) is 0 Å². The number of ether oxygens (including phenoxy) is 2. The highest BCUT2D eigenvalue weighted by molar-refractivity contribution is 6.74. The molecule has 1 aromatic rings. The van der Waals surface area contributed by atoms with Crippen LogP contribution in [0.1, 0.15) is 25.0 Å². The van der Waals surface area contributed by atoms with E-state index in [9.17, 15) is 0 Å². The van der Waals surface area contributed by atoms with Gasteiger partial charge >= 0.3 is 0 Å². The summed E-state index contributed by atoms with van der Waals surface area (Å²) in [7, 11) is -1.19. The zero-order valence-corrected chi connectivity index (χ0v) is 12.6. The Morgan fingerprint density at radius 1 is 1.44 bits per heavy atom. The number of rotatable bonds is 5. The molecule has 2 heterocycles. The predicted molar refractivity (Wildman–Crippen MR) is 71.7 cm³/mol. The summed E-state index contributed by atoms with van der Waals surface area (Å²) < 4.78 is 13.3. The maximum absolute atomic E-state index is 5.77. The van der Waals surface area contributed by atoms with Crippen LogP contribution in [0.15, 0.2) is 6.20 Å². The van der Waals surface area contributed by atoms with Crippen LogP contribution in [0.2, 0.25) is 19.6 Å². The molecule has 0 saturated carbocycles. The molecule has 18 heavy (non-hydrogen) atoms. The van der Waals surface area contributed by atoms with Crippen LogP contribution >= 0.6 is 0 Å². The van der Waals surface area contributed by atoms with Gasteiger partial charge in [-0.2, -0.15) is 0 Å². The zero-order chi connectivity index (χ0) is 13.0. The summed E-state index contributed by atoms with van der Waals surface area (Å²) in [5.74, 6) is 0. The molecule has 0 N–H and O–H groups in total. The Morgan fingerprint density at radius 3 is 2.94 bits per heavy atom. The standard InChI is InChI=1S/C12H23N3O2Si/c1-18(2,3)10-15-11(8-13-14-15)9-17-12-6-4-5-7-16-12/h8,12H,4-7,9-10H2,1-3H3. The topological polar surface area (TPSA) is 49.2 Å². The van der Waals surface area contributed by atoms with E-state index in [1.807, 2.05) is 4.68 Å². The fourth-order valence-corrected chi connectivity index (χ4v) is 3.16. The van der Waals surface area contributed by atoms with Gasteiger partial charge in [0.2, 0.25) is 0 Å². The van der Waals surface area contributed by atoms with Gasteiger partial charge in [0, 0.05) is 12.8 Å². The third kappa shape index (κ3) is 4.19. The first-order chi connectivity index (χ1) is 8.54. The fourth-order valence-electron chi connectivity index (χ4n) is 1.99. The summed E-state index contributed by atoms with van der Waals surface area (Å²) in [6.07, 6.45) is 6.07. The summed E-state index contributed by atoms with van der Waals surface area (Å²) in [6.45, 7) is 8.33. The number of hydrogen-bond acceptors (Lipinski definition) is 4. The first-order valence-corrected chi connectivity index (χ1v) is 10.4. The Labute approximate surface area is 109 Å². The van der Waals surface area contributed by atoms with Crippen LogP contribution in [0.25, 0.3) is 0 Å². The molecule has 1 saturated heterocycles. The van der Waals surface area contributed by atoms with Gasteiger partial charge in [-0.05, 0) is 19.3 Å². The van der Waals surface area contributed by atoms with Crippen LogP contribution < -0.4 is 0 Å². The van der Waals surface area contributed by atoms with E-state index >= 15 is 0 Å². The molecular weight excluding hydrogens is 246 g/mol. The molecule has 102 valence electrons. The molecule has 5 nitrogen and oxygen atoms in total. The minimum absolute atomic E-state index is 0.0472. The Morgan fingerprint density at radius 2 is 2.28 bits per heavy atom. The third-order valence-corrected chi connectivity index (χ3v) is 4.13. The molecule has 1 unspecified atom stereocenters. The molecule has 0 amide bonds. The van der Waals surface area contributed by atoms with E-state index in [1.54, 1.807) is 6.20 Å². The Hall–Kier alpha value is -0.723. The van der Waals surface area contributed by atoms with Crippen molar-refractivity contribution in [1.82, 2.24) is 15.0 Å². The SMILES string of the molecule is C[Si](C)(C)Cn1nncc1COC1CCCCO1. The van der Waals surface area contributed by atoms with E-state index in [2.05, 4.69) is 30.0 Å². The van der Waals surface area contributed by atoms with E-state index in [-0.39, 0.29) is 6.29 Å². The van der Waals surface area contributed by atoms with Crippen molar-refractivity contribution in [2.24, 2.45) is 0 Å². The molecule has 0 aliphatic carbocycles. The van der Waals surface area contributed by atoms with Gasteiger partial charge in [0.1, 0.15) is 0 Å². The summed E-state index contributed by atoms with van der Waals surface area (Å²) in [5, 5.41) is 8.13. The van der Waals surface area contributed by atoms with E-state index in [0.29, 0.717) is 6.61 Å². The molecule has 1 aromatic heterocycles. The quantitative estimate of drug-likeness (QED) is 0.769. The number of aromatic nitrogens is 3.